The third kappa shape index (κ3) is 3.15. The van der Waals surface area contributed by atoms with E-state index < -0.39 is 40.5 Å². The molecule has 122 valence electrons. The van der Waals surface area contributed by atoms with Gasteiger partial charge >= 0.3 is 12.4 Å². The van der Waals surface area contributed by atoms with Crippen LogP contribution in [0, 0.1) is 0 Å². The molecule has 0 radical (unpaired) electrons. The van der Waals surface area contributed by atoms with Crippen LogP contribution in [0.3, 0.4) is 0 Å². The Morgan fingerprint density at radius 1 is 1.14 bits per heavy atom. The van der Waals surface area contributed by atoms with Crippen molar-refractivity contribution in [1.82, 2.24) is 0 Å². The number of hydrogen-bond donors (Lipinski definition) is 2. The summed E-state index contributed by atoms with van der Waals surface area (Å²) in [5.74, 6) is -1.61. The fourth-order valence-corrected chi connectivity index (χ4v) is 1.84. The average Bonchev–Trinajstić information content (AvgIpc) is 2.36. The number of halogens is 6. The molecule has 1 aromatic rings. The zero-order chi connectivity index (χ0) is 17.3. The lowest BCUT2D eigenvalue weighted by Crippen LogP contribution is -2.51. The first-order valence-corrected chi connectivity index (χ1v) is 5.62. The van der Waals surface area contributed by atoms with Crippen LogP contribution >= 0.6 is 0 Å². The molecule has 0 aliphatic rings. The highest BCUT2D eigenvalue weighted by atomic mass is 19.4. The first kappa shape index (κ1) is 17.8. The molecular formula is C12H10F6N2O2. The van der Waals surface area contributed by atoms with Crippen molar-refractivity contribution in [3.63, 3.8) is 0 Å². The van der Waals surface area contributed by atoms with E-state index in [4.69, 9.17) is 10.9 Å². The van der Waals surface area contributed by atoms with E-state index in [0.717, 1.165) is 12.1 Å². The van der Waals surface area contributed by atoms with E-state index in [1.54, 1.807) is 0 Å². The van der Waals surface area contributed by atoms with Crippen LogP contribution in [0.15, 0.2) is 29.4 Å². The Morgan fingerprint density at radius 2 is 1.64 bits per heavy atom. The van der Waals surface area contributed by atoms with Crippen molar-refractivity contribution in [3.8, 4) is 0 Å². The van der Waals surface area contributed by atoms with Crippen LogP contribution in [0.2, 0.25) is 0 Å². The molecule has 1 unspecified atom stereocenters. The monoisotopic (exact) mass is 328 g/mol. The molecule has 1 aromatic carbocycles. The molecule has 1 amide bonds. The number of hydrogen-bond acceptors (Lipinski definition) is 3. The third-order valence-corrected chi connectivity index (χ3v) is 3.10. The van der Waals surface area contributed by atoms with Gasteiger partial charge in [-0.25, -0.2) is 0 Å². The van der Waals surface area contributed by atoms with E-state index in [-0.39, 0.29) is 0 Å². The van der Waals surface area contributed by atoms with Crippen LogP contribution in [-0.2, 0) is 16.4 Å². The van der Waals surface area contributed by atoms with E-state index in [9.17, 15) is 31.1 Å². The van der Waals surface area contributed by atoms with Crippen molar-refractivity contribution in [3.05, 3.63) is 35.4 Å². The highest BCUT2D eigenvalue weighted by Crippen LogP contribution is 2.37. The van der Waals surface area contributed by atoms with Crippen LogP contribution < -0.4 is 5.73 Å². The highest BCUT2D eigenvalue weighted by Gasteiger charge is 2.53. The summed E-state index contributed by atoms with van der Waals surface area (Å²) in [5.41, 5.74) is -1.83. The number of carbonyl (C=O) groups is 1. The van der Waals surface area contributed by atoms with Gasteiger partial charge in [0.15, 0.2) is 5.71 Å². The summed E-state index contributed by atoms with van der Waals surface area (Å²) in [5, 5.41) is 10.6. The maximum absolute atomic E-state index is 12.9. The normalized spacial score (nSPS) is 16.2. The lowest BCUT2D eigenvalue weighted by molar-refractivity contribution is -0.137. The molecule has 0 aliphatic heterocycles. The number of nitrogens with two attached hydrogens (primary N) is 1. The van der Waals surface area contributed by atoms with E-state index in [0.29, 0.717) is 19.1 Å². The van der Waals surface area contributed by atoms with E-state index >= 15 is 0 Å². The third-order valence-electron chi connectivity index (χ3n) is 3.10. The number of amides is 1. The molecule has 0 saturated carbocycles. The van der Waals surface area contributed by atoms with Crippen molar-refractivity contribution in [2.75, 3.05) is 0 Å². The molecule has 0 spiro atoms. The van der Waals surface area contributed by atoms with E-state index in [2.05, 4.69) is 0 Å². The molecule has 3 N–H and O–H groups in total. The second-order valence-corrected chi connectivity index (χ2v) is 4.51. The second kappa shape index (κ2) is 5.50. The Labute approximate surface area is 120 Å². The van der Waals surface area contributed by atoms with E-state index in [1.807, 2.05) is 5.16 Å². The maximum Gasteiger partial charge on any atom is 0.434 e. The van der Waals surface area contributed by atoms with Crippen molar-refractivity contribution in [2.45, 2.75) is 24.7 Å². The Balaban J connectivity index is 3.61. The minimum absolute atomic E-state index is 0.349. The Bertz CT molecular complexity index is 608. The summed E-state index contributed by atoms with van der Waals surface area (Å²) >= 11 is 0. The molecule has 10 heteroatoms. The number of primary amides is 1. The number of nitrogens with zero attached hydrogens (tertiary/aromatic N) is 1. The van der Waals surface area contributed by atoms with Gasteiger partial charge in [-0.15, -0.1) is 0 Å². The molecule has 0 aliphatic carbocycles. The molecule has 1 atom stereocenters. The summed E-state index contributed by atoms with van der Waals surface area (Å²) in [7, 11) is 0. The van der Waals surface area contributed by atoms with E-state index in [1.165, 1.54) is 0 Å². The van der Waals surface area contributed by atoms with Crippen LogP contribution in [0.5, 0.6) is 0 Å². The van der Waals surface area contributed by atoms with Gasteiger partial charge in [-0.1, -0.05) is 23.4 Å². The molecule has 0 saturated heterocycles. The number of rotatable bonds is 3. The molecular weight excluding hydrogens is 318 g/mol. The first-order chi connectivity index (χ1) is 9.85. The predicted octanol–water partition coefficient (Wildman–Crippen LogP) is 2.84. The van der Waals surface area contributed by atoms with Crippen molar-refractivity contribution >= 4 is 11.6 Å². The second-order valence-electron chi connectivity index (χ2n) is 4.51. The number of alkyl halides is 6. The Morgan fingerprint density at radius 3 is 2.00 bits per heavy atom. The molecule has 0 bridgehead atoms. The summed E-state index contributed by atoms with van der Waals surface area (Å²) in [6.45, 7) is 0.632. The summed E-state index contributed by atoms with van der Waals surface area (Å²) in [4.78, 5) is 11.5. The lowest BCUT2D eigenvalue weighted by Gasteiger charge is -2.29. The minimum atomic E-state index is -5.27. The minimum Gasteiger partial charge on any atom is -0.411 e. The van der Waals surface area contributed by atoms with Crippen molar-refractivity contribution < 1.29 is 36.3 Å². The first-order valence-electron chi connectivity index (χ1n) is 5.62. The van der Waals surface area contributed by atoms with Crippen LogP contribution in [-0.4, -0.2) is 23.0 Å². The Hall–Kier alpha value is -2.26. The number of benzene rings is 1. The van der Waals surface area contributed by atoms with Gasteiger partial charge in [0.25, 0.3) is 0 Å². The van der Waals surface area contributed by atoms with Crippen LogP contribution in [0.25, 0.3) is 0 Å². The van der Waals surface area contributed by atoms with Crippen molar-refractivity contribution in [2.24, 2.45) is 10.9 Å². The number of oxime groups is 1. The average molecular weight is 328 g/mol. The SMILES string of the molecule is CC(C(N)=O)(C(=NO)C(F)(F)F)c1cccc(C(F)(F)F)c1. The van der Waals surface area contributed by atoms with Gasteiger partial charge in [0.1, 0.15) is 5.41 Å². The van der Waals surface area contributed by atoms with Gasteiger partial charge < -0.3 is 10.9 Å². The standard InChI is InChI=1S/C12H10F6N2O2/c1-10(9(19)21,8(20-22)12(16,17)18)6-3-2-4-7(5-6)11(13,14)15/h2-5,22H,1H3,(H2,19,21). The topological polar surface area (TPSA) is 75.7 Å². The predicted molar refractivity (Wildman–Crippen MR) is 63.3 cm³/mol. The molecule has 1 rings (SSSR count). The Kier molecular flexibility index (Phi) is 4.45. The lowest BCUT2D eigenvalue weighted by atomic mass is 9.76. The zero-order valence-electron chi connectivity index (χ0n) is 11.0. The fourth-order valence-electron chi connectivity index (χ4n) is 1.84. The molecule has 0 fully saturated rings. The van der Waals surface area contributed by atoms with Gasteiger partial charge in [0.2, 0.25) is 5.91 Å². The van der Waals surface area contributed by atoms with Crippen LogP contribution in [0.4, 0.5) is 26.3 Å². The smallest absolute Gasteiger partial charge is 0.411 e. The molecule has 0 aromatic heterocycles. The number of carbonyl (C=O) groups excluding carboxylic acids is 1. The molecule has 0 heterocycles. The quantitative estimate of drug-likeness (QED) is 0.387. The molecule has 22 heavy (non-hydrogen) atoms. The summed E-state index contributed by atoms with van der Waals surface area (Å²) in [6, 6.07) is 2.65. The van der Waals surface area contributed by atoms with Crippen molar-refractivity contribution in [1.29, 1.82) is 0 Å². The maximum atomic E-state index is 12.9. The molecule has 4 nitrogen and oxygen atoms in total. The summed E-state index contributed by atoms with van der Waals surface area (Å²) < 4.78 is 76.6. The highest BCUT2D eigenvalue weighted by molar-refractivity contribution is 6.15. The van der Waals surface area contributed by atoms with Gasteiger partial charge in [-0.3, -0.25) is 4.79 Å². The zero-order valence-corrected chi connectivity index (χ0v) is 11.0. The largest absolute Gasteiger partial charge is 0.434 e. The fraction of sp³-hybridized carbons (Fsp3) is 0.333. The van der Waals surface area contributed by atoms with Gasteiger partial charge in [0.05, 0.1) is 5.56 Å². The van der Waals surface area contributed by atoms with Gasteiger partial charge in [-0.2, -0.15) is 26.3 Å². The van der Waals surface area contributed by atoms with Crippen LogP contribution in [0.1, 0.15) is 18.1 Å². The van der Waals surface area contributed by atoms with Gasteiger partial charge in [-0.05, 0) is 18.6 Å². The summed E-state index contributed by atoms with van der Waals surface area (Å²) in [6.07, 6.45) is -10.1. The van der Waals surface area contributed by atoms with Gasteiger partial charge in [0, 0.05) is 0 Å².